The second-order valence-corrected chi connectivity index (χ2v) is 5.09. The number of rotatable bonds is 4. The van der Waals surface area contributed by atoms with Gasteiger partial charge in [-0.1, -0.05) is 37.7 Å². The Hall–Kier alpha value is -1.62. The van der Waals surface area contributed by atoms with Gasteiger partial charge in [-0.3, -0.25) is 4.79 Å². The van der Waals surface area contributed by atoms with Crippen LogP contribution < -0.4 is 11.1 Å². The van der Waals surface area contributed by atoms with Gasteiger partial charge >= 0.3 is 0 Å². The summed E-state index contributed by atoms with van der Waals surface area (Å²) in [6.07, 6.45) is 0. The number of phenolic OH excluding ortho intramolecular Hbond substituents is 1. The average Bonchev–Trinajstić information content (AvgIpc) is 2.28. The van der Waals surface area contributed by atoms with E-state index < -0.39 is 0 Å². The quantitative estimate of drug-likeness (QED) is 0.726. The topological polar surface area (TPSA) is 75.3 Å². The summed E-state index contributed by atoms with van der Waals surface area (Å²) in [6, 6.07) is 4.48. The van der Waals surface area contributed by atoms with Crippen LogP contribution in [0.2, 0.25) is 0 Å². The Kier molecular flexibility index (Phi) is 4.67. The molecule has 0 bridgehead atoms. The van der Waals surface area contributed by atoms with Crippen molar-refractivity contribution in [3.8, 4) is 5.75 Å². The van der Waals surface area contributed by atoms with Crippen molar-refractivity contribution in [1.82, 2.24) is 5.32 Å². The number of nitrogens with one attached hydrogen (secondary N) is 1. The molecule has 0 aromatic heterocycles. The Morgan fingerprint density at radius 3 is 2.56 bits per heavy atom. The highest BCUT2D eigenvalue weighted by atomic mass is 32.1. The Bertz CT molecular complexity index is 472. The first-order chi connectivity index (χ1) is 8.32. The van der Waals surface area contributed by atoms with Gasteiger partial charge in [-0.15, -0.1) is 0 Å². The predicted molar refractivity (Wildman–Crippen MR) is 75.7 cm³/mol. The van der Waals surface area contributed by atoms with E-state index in [4.69, 9.17) is 18.0 Å². The van der Waals surface area contributed by atoms with Gasteiger partial charge < -0.3 is 16.2 Å². The van der Waals surface area contributed by atoms with Crippen LogP contribution in [0.25, 0.3) is 0 Å². The van der Waals surface area contributed by atoms with Crippen LogP contribution in [0, 0.1) is 12.8 Å². The number of hydrogen-bond donors (Lipinski definition) is 3. The zero-order valence-electron chi connectivity index (χ0n) is 10.7. The summed E-state index contributed by atoms with van der Waals surface area (Å²) in [5, 5.41) is 12.4. The molecule has 0 aliphatic heterocycles. The third-order valence-electron chi connectivity index (χ3n) is 2.66. The average molecular weight is 266 g/mol. The monoisotopic (exact) mass is 266 g/mol. The smallest absolute Gasteiger partial charge is 0.255 e. The van der Waals surface area contributed by atoms with E-state index in [1.165, 1.54) is 6.07 Å². The maximum Gasteiger partial charge on any atom is 0.255 e. The van der Waals surface area contributed by atoms with Crippen LogP contribution in [0.4, 0.5) is 0 Å². The van der Waals surface area contributed by atoms with Gasteiger partial charge in [-0.2, -0.15) is 0 Å². The molecule has 4 nitrogen and oxygen atoms in total. The molecule has 98 valence electrons. The molecule has 0 fully saturated rings. The Labute approximate surface area is 112 Å². The summed E-state index contributed by atoms with van der Waals surface area (Å²) in [7, 11) is 0. The van der Waals surface area contributed by atoms with Gasteiger partial charge in [0.2, 0.25) is 0 Å². The number of nitrogens with two attached hydrogens (primary N) is 1. The summed E-state index contributed by atoms with van der Waals surface area (Å²) in [4.78, 5) is 12.3. The summed E-state index contributed by atoms with van der Waals surface area (Å²) in [6.45, 7) is 5.68. The number of benzene rings is 1. The predicted octanol–water partition coefficient (Wildman–Crippen LogP) is 1.74. The van der Waals surface area contributed by atoms with Gasteiger partial charge in [0.15, 0.2) is 0 Å². The van der Waals surface area contributed by atoms with Crippen molar-refractivity contribution in [1.29, 1.82) is 0 Å². The van der Waals surface area contributed by atoms with Crippen molar-refractivity contribution >= 4 is 23.1 Å². The maximum absolute atomic E-state index is 12.1. The molecule has 0 radical (unpaired) electrons. The Morgan fingerprint density at radius 2 is 2.06 bits per heavy atom. The lowest BCUT2D eigenvalue weighted by Gasteiger charge is -2.21. The number of amides is 1. The number of aromatic hydroxyl groups is 1. The number of carbonyl (C=O) groups is 1. The minimum absolute atomic E-state index is 0.0523. The molecular formula is C13H18N2O2S. The van der Waals surface area contributed by atoms with Crippen molar-refractivity contribution in [2.24, 2.45) is 11.7 Å². The molecule has 0 heterocycles. The zero-order valence-corrected chi connectivity index (χ0v) is 11.5. The highest BCUT2D eigenvalue weighted by Gasteiger charge is 2.21. The first-order valence-corrected chi connectivity index (χ1v) is 6.13. The molecular weight excluding hydrogens is 248 g/mol. The molecule has 0 aliphatic rings. The largest absolute Gasteiger partial charge is 0.507 e. The third-order valence-corrected chi connectivity index (χ3v) is 2.91. The molecule has 1 aromatic rings. The molecule has 1 aromatic carbocycles. The zero-order chi connectivity index (χ0) is 13.9. The molecule has 0 saturated carbocycles. The Morgan fingerprint density at radius 1 is 1.44 bits per heavy atom. The number of hydrogen-bond acceptors (Lipinski definition) is 3. The van der Waals surface area contributed by atoms with E-state index in [1.807, 2.05) is 20.8 Å². The molecule has 18 heavy (non-hydrogen) atoms. The highest BCUT2D eigenvalue weighted by molar-refractivity contribution is 7.80. The van der Waals surface area contributed by atoms with Crippen molar-refractivity contribution in [3.63, 3.8) is 0 Å². The van der Waals surface area contributed by atoms with E-state index in [2.05, 4.69) is 5.32 Å². The normalized spacial score (nSPS) is 12.2. The summed E-state index contributed by atoms with van der Waals surface area (Å²) in [5.41, 5.74) is 6.72. The minimum atomic E-state index is -0.382. The minimum Gasteiger partial charge on any atom is -0.507 e. The molecule has 4 N–H and O–H groups in total. The molecule has 0 saturated heterocycles. The number of carbonyl (C=O) groups excluding carboxylic acids is 1. The molecule has 1 rings (SSSR count). The van der Waals surface area contributed by atoms with Gasteiger partial charge in [-0.25, -0.2) is 0 Å². The fourth-order valence-corrected chi connectivity index (χ4v) is 1.95. The second kappa shape index (κ2) is 5.82. The summed E-state index contributed by atoms with van der Waals surface area (Å²) in [5.74, 6) is -0.329. The Balaban J connectivity index is 2.94. The summed E-state index contributed by atoms with van der Waals surface area (Å²) >= 11 is 4.92. The fraction of sp³-hybridized carbons (Fsp3) is 0.385. The fourth-order valence-electron chi connectivity index (χ4n) is 1.62. The van der Waals surface area contributed by atoms with E-state index in [0.29, 0.717) is 0 Å². The molecule has 1 atom stereocenters. The molecule has 1 amide bonds. The number of phenols is 1. The molecule has 0 spiro atoms. The first-order valence-electron chi connectivity index (χ1n) is 5.72. The van der Waals surface area contributed by atoms with E-state index in [0.717, 1.165) is 5.56 Å². The molecule has 0 aliphatic carbocycles. The SMILES string of the molecule is Cc1ccc(O)c(C(=O)NC(C(N)=S)C(C)C)c1. The van der Waals surface area contributed by atoms with Gasteiger partial charge in [0.25, 0.3) is 5.91 Å². The van der Waals surface area contributed by atoms with Gasteiger partial charge in [0.1, 0.15) is 5.75 Å². The standard InChI is InChI=1S/C13H18N2O2S/c1-7(2)11(12(14)18)15-13(17)9-6-8(3)4-5-10(9)16/h4-7,11,16H,1-3H3,(H2,14,18)(H,15,17). The van der Waals surface area contributed by atoms with Crippen molar-refractivity contribution in [3.05, 3.63) is 29.3 Å². The van der Waals surface area contributed by atoms with E-state index in [1.54, 1.807) is 12.1 Å². The van der Waals surface area contributed by atoms with E-state index in [9.17, 15) is 9.90 Å². The van der Waals surface area contributed by atoms with Crippen molar-refractivity contribution in [2.75, 3.05) is 0 Å². The van der Waals surface area contributed by atoms with Gasteiger partial charge in [0.05, 0.1) is 16.6 Å². The van der Waals surface area contributed by atoms with Crippen LogP contribution in [0.15, 0.2) is 18.2 Å². The first kappa shape index (κ1) is 14.4. The van der Waals surface area contributed by atoms with Crippen LogP contribution in [-0.4, -0.2) is 22.0 Å². The van der Waals surface area contributed by atoms with Crippen molar-refractivity contribution < 1.29 is 9.90 Å². The van der Waals surface area contributed by atoms with Crippen LogP contribution in [0.5, 0.6) is 5.75 Å². The lowest BCUT2D eigenvalue weighted by atomic mass is 10.0. The van der Waals surface area contributed by atoms with Crippen LogP contribution in [0.1, 0.15) is 29.8 Å². The highest BCUT2D eigenvalue weighted by Crippen LogP contribution is 2.18. The molecule has 1 unspecified atom stereocenters. The number of thiocarbonyl (C=S) groups is 1. The third kappa shape index (κ3) is 3.43. The van der Waals surface area contributed by atoms with Gasteiger partial charge in [-0.05, 0) is 25.0 Å². The lowest BCUT2D eigenvalue weighted by Crippen LogP contribution is -2.46. The lowest BCUT2D eigenvalue weighted by molar-refractivity contribution is 0.0937. The van der Waals surface area contributed by atoms with Gasteiger partial charge in [0, 0.05) is 0 Å². The maximum atomic E-state index is 12.1. The van der Waals surface area contributed by atoms with Crippen LogP contribution in [-0.2, 0) is 0 Å². The second-order valence-electron chi connectivity index (χ2n) is 4.62. The number of aryl methyl sites for hydroxylation is 1. The van der Waals surface area contributed by atoms with E-state index in [-0.39, 0.29) is 34.2 Å². The van der Waals surface area contributed by atoms with Crippen LogP contribution in [0.3, 0.4) is 0 Å². The van der Waals surface area contributed by atoms with E-state index >= 15 is 0 Å². The molecule has 5 heteroatoms. The van der Waals surface area contributed by atoms with Crippen molar-refractivity contribution in [2.45, 2.75) is 26.8 Å². The summed E-state index contributed by atoms with van der Waals surface area (Å²) < 4.78 is 0. The van der Waals surface area contributed by atoms with Crippen LogP contribution >= 0.6 is 12.2 Å².